The molecule has 1 aliphatic rings. The van der Waals surface area contributed by atoms with Crippen LogP contribution in [0.3, 0.4) is 0 Å². The molecule has 2 aromatic carbocycles. The number of anilines is 1. The van der Waals surface area contributed by atoms with Crippen molar-refractivity contribution in [3.63, 3.8) is 0 Å². The number of carbonyl (C=O) groups is 1. The van der Waals surface area contributed by atoms with Gasteiger partial charge in [-0.05, 0) is 60.1 Å². The zero-order valence-electron chi connectivity index (χ0n) is 17.3. The summed E-state index contributed by atoms with van der Waals surface area (Å²) in [5.74, 6) is 2.47. The zero-order chi connectivity index (χ0) is 20.6. The van der Waals surface area contributed by atoms with E-state index >= 15 is 0 Å². The molecule has 1 saturated carbocycles. The number of ether oxygens (including phenoxy) is 2. The maximum Gasteiger partial charge on any atom is 0.228 e. The molecule has 3 rings (SSSR count). The molecule has 156 valence electrons. The number of hydrogen-bond acceptors (Lipinski definition) is 4. The molecule has 5 heteroatoms. The number of rotatable bonds is 8. The van der Waals surface area contributed by atoms with Gasteiger partial charge in [0.15, 0.2) is 11.5 Å². The highest BCUT2D eigenvalue weighted by Crippen LogP contribution is 2.36. The van der Waals surface area contributed by atoms with E-state index in [-0.39, 0.29) is 25.5 Å². The fourth-order valence-corrected chi connectivity index (χ4v) is 3.95. The Morgan fingerprint density at radius 2 is 1.90 bits per heavy atom. The van der Waals surface area contributed by atoms with E-state index in [1.54, 1.807) is 19.2 Å². The molecular formula is C24H31NO4. The number of hydrogen-bond donors (Lipinski definition) is 2. The summed E-state index contributed by atoms with van der Waals surface area (Å²) in [5, 5.41) is 11.9. The van der Waals surface area contributed by atoms with E-state index in [1.165, 1.54) is 31.2 Å². The molecule has 0 radical (unpaired) electrons. The van der Waals surface area contributed by atoms with Gasteiger partial charge < -0.3 is 19.9 Å². The fraction of sp³-hybridized carbons (Fsp3) is 0.458. The summed E-state index contributed by atoms with van der Waals surface area (Å²) in [6.07, 6.45) is 5.26. The second-order valence-electron chi connectivity index (χ2n) is 7.86. The first-order chi connectivity index (χ1) is 14.1. The lowest BCUT2D eigenvalue weighted by molar-refractivity contribution is -0.115. The average molecular weight is 398 g/mol. The van der Waals surface area contributed by atoms with Crippen molar-refractivity contribution in [3.8, 4) is 11.5 Å². The van der Waals surface area contributed by atoms with E-state index in [0.29, 0.717) is 17.4 Å². The van der Waals surface area contributed by atoms with Gasteiger partial charge in [0.05, 0.1) is 20.1 Å². The summed E-state index contributed by atoms with van der Waals surface area (Å²) in [7, 11) is 1.56. The lowest BCUT2D eigenvalue weighted by Gasteiger charge is -2.26. The third-order valence-corrected chi connectivity index (χ3v) is 5.60. The van der Waals surface area contributed by atoms with Crippen molar-refractivity contribution in [3.05, 3.63) is 53.6 Å². The lowest BCUT2D eigenvalue weighted by atomic mass is 9.79. The highest BCUT2D eigenvalue weighted by atomic mass is 16.5. The Bertz CT molecular complexity index is 812. The first kappa shape index (κ1) is 21.2. The van der Waals surface area contributed by atoms with Gasteiger partial charge in [0, 0.05) is 5.69 Å². The van der Waals surface area contributed by atoms with Crippen LogP contribution in [0.25, 0.3) is 0 Å². The third kappa shape index (κ3) is 5.97. The van der Waals surface area contributed by atoms with Crippen LogP contribution in [0, 0.1) is 5.92 Å². The lowest BCUT2D eigenvalue weighted by Crippen LogP contribution is -2.15. The van der Waals surface area contributed by atoms with Crippen LogP contribution in [-0.2, 0) is 11.2 Å². The third-order valence-electron chi connectivity index (χ3n) is 5.60. The van der Waals surface area contributed by atoms with Gasteiger partial charge in [0.1, 0.15) is 6.61 Å². The second kappa shape index (κ2) is 10.3. The Morgan fingerprint density at radius 1 is 1.10 bits per heavy atom. The second-order valence-corrected chi connectivity index (χ2v) is 7.86. The van der Waals surface area contributed by atoms with Crippen molar-refractivity contribution in [2.24, 2.45) is 5.92 Å². The number of aliphatic hydroxyl groups is 1. The minimum atomic E-state index is -0.0644. The molecule has 0 unspecified atom stereocenters. The molecule has 5 nitrogen and oxygen atoms in total. The van der Waals surface area contributed by atoms with Gasteiger partial charge in [0.2, 0.25) is 5.91 Å². The Balaban J connectivity index is 1.61. The van der Waals surface area contributed by atoms with E-state index in [4.69, 9.17) is 14.6 Å². The molecule has 0 saturated heterocycles. The van der Waals surface area contributed by atoms with Crippen molar-refractivity contribution < 1.29 is 19.4 Å². The molecule has 2 N–H and O–H groups in total. The van der Waals surface area contributed by atoms with E-state index in [1.807, 2.05) is 18.2 Å². The number of carbonyl (C=O) groups excluding carboxylic acids is 1. The first-order valence-electron chi connectivity index (χ1n) is 10.4. The minimum Gasteiger partial charge on any atom is -0.493 e. The first-order valence-corrected chi connectivity index (χ1v) is 10.4. The van der Waals surface area contributed by atoms with Gasteiger partial charge in [-0.2, -0.15) is 0 Å². The maximum absolute atomic E-state index is 12.6. The minimum absolute atomic E-state index is 0.0632. The number of amides is 1. The highest BCUT2D eigenvalue weighted by molar-refractivity contribution is 5.92. The van der Waals surface area contributed by atoms with Crippen LogP contribution in [0.2, 0.25) is 0 Å². The summed E-state index contributed by atoms with van der Waals surface area (Å²) in [6.45, 7) is 2.46. The largest absolute Gasteiger partial charge is 0.493 e. The number of aliphatic hydroxyl groups excluding tert-OH is 1. The van der Waals surface area contributed by atoms with Gasteiger partial charge in [-0.1, -0.05) is 38.0 Å². The van der Waals surface area contributed by atoms with Crippen LogP contribution in [0.5, 0.6) is 11.5 Å². The zero-order valence-corrected chi connectivity index (χ0v) is 17.3. The van der Waals surface area contributed by atoms with Crippen molar-refractivity contribution >= 4 is 11.6 Å². The normalized spacial score (nSPS) is 18.9. The number of methoxy groups -OCH3 is 1. The van der Waals surface area contributed by atoms with Crippen LogP contribution in [0.1, 0.15) is 49.7 Å². The van der Waals surface area contributed by atoms with Gasteiger partial charge >= 0.3 is 0 Å². The molecule has 0 heterocycles. The van der Waals surface area contributed by atoms with E-state index in [0.717, 1.165) is 17.2 Å². The standard InChI is InChI=1S/C24H31NO4/c1-17-6-9-19(10-7-17)20-4-3-5-21(16-20)25-24(27)15-18-8-11-22(29-13-12-26)23(14-18)28-2/h3-5,8,11,14,16-17,19,26H,6-7,9-10,12-13,15H2,1-2H3,(H,25,27). The van der Waals surface area contributed by atoms with Gasteiger partial charge in [0.25, 0.3) is 0 Å². The monoisotopic (exact) mass is 397 g/mol. The quantitative estimate of drug-likeness (QED) is 0.686. The van der Waals surface area contributed by atoms with Crippen LogP contribution in [-0.4, -0.2) is 31.3 Å². The van der Waals surface area contributed by atoms with E-state index < -0.39 is 0 Å². The Hall–Kier alpha value is -2.53. The molecule has 0 aliphatic heterocycles. The molecule has 2 aromatic rings. The van der Waals surface area contributed by atoms with Crippen LogP contribution >= 0.6 is 0 Å². The molecule has 1 amide bonds. The van der Waals surface area contributed by atoms with E-state index in [9.17, 15) is 4.79 Å². The molecule has 0 aromatic heterocycles. The van der Waals surface area contributed by atoms with Gasteiger partial charge in [-0.3, -0.25) is 4.79 Å². The molecule has 0 atom stereocenters. The topological polar surface area (TPSA) is 67.8 Å². The predicted octanol–water partition coefficient (Wildman–Crippen LogP) is 4.54. The molecule has 1 aliphatic carbocycles. The van der Waals surface area contributed by atoms with Crippen molar-refractivity contribution in [2.75, 3.05) is 25.6 Å². The maximum atomic E-state index is 12.6. The fourth-order valence-electron chi connectivity index (χ4n) is 3.95. The molecule has 0 spiro atoms. The average Bonchev–Trinajstić information content (AvgIpc) is 2.73. The number of benzene rings is 2. The summed E-state index contributed by atoms with van der Waals surface area (Å²) >= 11 is 0. The van der Waals surface area contributed by atoms with Gasteiger partial charge in [-0.15, -0.1) is 0 Å². The summed E-state index contributed by atoms with van der Waals surface area (Å²) < 4.78 is 10.8. The summed E-state index contributed by atoms with van der Waals surface area (Å²) in [5.41, 5.74) is 3.01. The number of nitrogens with one attached hydrogen (secondary N) is 1. The van der Waals surface area contributed by atoms with Gasteiger partial charge in [-0.25, -0.2) is 0 Å². The van der Waals surface area contributed by atoms with Crippen molar-refractivity contribution in [1.29, 1.82) is 0 Å². The molecule has 0 bridgehead atoms. The van der Waals surface area contributed by atoms with Crippen molar-refractivity contribution in [2.45, 2.75) is 44.9 Å². The SMILES string of the molecule is COc1cc(CC(=O)Nc2cccc(C3CCC(C)CC3)c2)ccc1OCCO. The Morgan fingerprint density at radius 3 is 2.62 bits per heavy atom. The molecule has 1 fully saturated rings. The van der Waals surface area contributed by atoms with Crippen LogP contribution < -0.4 is 14.8 Å². The van der Waals surface area contributed by atoms with E-state index in [2.05, 4.69) is 24.4 Å². The highest BCUT2D eigenvalue weighted by Gasteiger charge is 2.20. The van der Waals surface area contributed by atoms with Crippen LogP contribution in [0.4, 0.5) is 5.69 Å². The predicted molar refractivity (Wildman–Crippen MR) is 115 cm³/mol. The van der Waals surface area contributed by atoms with Crippen LogP contribution in [0.15, 0.2) is 42.5 Å². The summed E-state index contributed by atoms with van der Waals surface area (Å²) in [4.78, 5) is 12.6. The Kier molecular flexibility index (Phi) is 7.53. The molecular weight excluding hydrogens is 366 g/mol. The summed E-state index contributed by atoms with van der Waals surface area (Å²) in [6, 6.07) is 13.7. The Labute approximate surface area is 173 Å². The van der Waals surface area contributed by atoms with Crippen molar-refractivity contribution in [1.82, 2.24) is 0 Å². The molecule has 29 heavy (non-hydrogen) atoms. The smallest absolute Gasteiger partial charge is 0.228 e.